The number of nitrogens with one attached hydrogen (secondary N) is 4. The summed E-state index contributed by atoms with van der Waals surface area (Å²) in [5, 5.41) is 14.3. The quantitative estimate of drug-likeness (QED) is 0.0635. The number of likely N-dealkylation sites (N-methyl/N-ethyl adjacent to an activating group) is 1. The molecular weight excluding hydrogens is 536 g/mol. The van der Waals surface area contributed by atoms with Gasteiger partial charge in [-0.3, -0.25) is 5.43 Å². The lowest BCUT2D eigenvalue weighted by Crippen LogP contribution is -2.42. The Morgan fingerprint density at radius 3 is 2.33 bits per heavy atom. The molecule has 3 rings (SSSR count). The number of ether oxygens (including phenoxy) is 1. The van der Waals surface area contributed by atoms with Crippen LogP contribution in [0.5, 0.6) is 5.75 Å². The second kappa shape index (κ2) is 31.6. The highest BCUT2D eigenvalue weighted by atomic mass is 16.5. The van der Waals surface area contributed by atoms with Crippen molar-refractivity contribution in [1.29, 1.82) is 0 Å². The van der Waals surface area contributed by atoms with E-state index in [-0.39, 0.29) is 6.17 Å². The molecule has 2 heterocycles. The van der Waals surface area contributed by atoms with Crippen LogP contribution in [0.1, 0.15) is 94.1 Å². The van der Waals surface area contributed by atoms with Crippen molar-refractivity contribution in [1.82, 2.24) is 20.9 Å². The second-order valence-electron chi connectivity index (χ2n) is 8.58. The van der Waals surface area contributed by atoms with Crippen LogP contribution in [-0.2, 0) is 0 Å². The third-order valence-electron chi connectivity index (χ3n) is 5.53. The summed E-state index contributed by atoms with van der Waals surface area (Å²) in [6.07, 6.45) is 12.9. The van der Waals surface area contributed by atoms with Crippen LogP contribution in [0.4, 0.5) is 5.69 Å². The maximum atomic E-state index is 5.70. The van der Waals surface area contributed by atoms with Crippen molar-refractivity contribution >= 4 is 23.4 Å². The molecule has 1 saturated heterocycles. The molecule has 0 aromatic heterocycles. The van der Waals surface area contributed by atoms with E-state index >= 15 is 0 Å². The highest BCUT2D eigenvalue weighted by molar-refractivity contribution is 5.86. The topological polar surface area (TPSA) is 111 Å². The molecule has 9 nitrogen and oxygen atoms in total. The number of hydrogen-bond acceptors (Lipinski definition) is 8. The van der Waals surface area contributed by atoms with Gasteiger partial charge in [-0.1, -0.05) is 66.7 Å². The van der Waals surface area contributed by atoms with E-state index in [1.54, 1.807) is 25.6 Å². The fraction of sp³-hybridized carbons (Fsp3) is 0.588. The Morgan fingerprint density at radius 1 is 1.16 bits per heavy atom. The molecule has 0 spiro atoms. The van der Waals surface area contributed by atoms with E-state index < -0.39 is 0 Å². The van der Waals surface area contributed by atoms with Gasteiger partial charge in [0, 0.05) is 37.8 Å². The number of benzene rings is 1. The third-order valence-corrected chi connectivity index (χ3v) is 5.53. The van der Waals surface area contributed by atoms with Crippen LogP contribution >= 0.6 is 0 Å². The molecule has 2 atom stereocenters. The summed E-state index contributed by atoms with van der Waals surface area (Å²) < 4.78 is 5.46. The minimum absolute atomic E-state index is 0.269. The van der Waals surface area contributed by atoms with E-state index in [0.29, 0.717) is 11.9 Å². The first-order valence-electron chi connectivity index (χ1n) is 16.0. The van der Waals surface area contributed by atoms with Crippen molar-refractivity contribution in [3.8, 4) is 5.75 Å². The normalized spacial score (nSPS) is 16.8. The number of hydrogen-bond donors (Lipinski definition) is 5. The minimum Gasteiger partial charge on any atom is -0.494 e. The van der Waals surface area contributed by atoms with Crippen LogP contribution in [0.3, 0.4) is 0 Å². The second-order valence-corrected chi connectivity index (χ2v) is 8.58. The molecule has 248 valence electrons. The van der Waals surface area contributed by atoms with Crippen molar-refractivity contribution in [2.45, 2.75) is 101 Å². The molecule has 2 aliphatic heterocycles. The Balaban J connectivity index is -0.000000667. The molecule has 0 saturated carbocycles. The van der Waals surface area contributed by atoms with Crippen LogP contribution < -0.4 is 31.8 Å². The van der Waals surface area contributed by atoms with Crippen molar-refractivity contribution in [3.63, 3.8) is 0 Å². The van der Waals surface area contributed by atoms with Gasteiger partial charge in [-0.15, -0.1) is 6.58 Å². The number of anilines is 1. The molecule has 9 heteroatoms. The molecule has 0 aliphatic carbocycles. The number of aliphatic imine (C=N–C) groups is 1. The van der Waals surface area contributed by atoms with Crippen molar-refractivity contribution in [2.24, 2.45) is 15.8 Å². The molecule has 0 bridgehead atoms. The van der Waals surface area contributed by atoms with Gasteiger partial charge in [-0.25, -0.2) is 4.99 Å². The van der Waals surface area contributed by atoms with Gasteiger partial charge < -0.3 is 31.3 Å². The summed E-state index contributed by atoms with van der Waals surface area (Å²) in [7, 11) is 3.75. The van der Waals surface area contributed by atoms with Gasteiger partial charge in [0.05, 0.1) is 24.5 Å². The first-order chi connectivity index (χ1) is 20.9. The van der Waals surface area contributed by atoms with E-state index in [0.717, 1.165) is 55.2 Å². The molecule has 43 heavy (non-hydrogen) atoms. The van der Waals surface area contributed by atoms with Gasteiger partial charge in [-0.05, 0) is 65.3 Å². The van der Waals surface area contributed by atoms with Crippen molar-refractivity contribution in [3.05, 3.63) is 54.9 Å². The molecule has 2 aliphatic rings. The summed E-state index contributed by atoms with van der Waals surface area (Å²) in [5.41, 5.74) is 11.7. The summed E-state index contributed by atoms with van der Waals surface area (Å²) in [6, 6.07) is 6.37. The van der Waals surface area contributed by atoms with Crippen molar-refractivity contribution in [2.75, 3.05) is 39.2 Å². The molecule has 1 fully saturated rings. The summed E-state index contributed by atoms with van der Waals surface area (Å²) in [4.78, 5) is 6.27. The van der Waals surface area contributed by atoms with Crippen LogP contribution in [0.25, 0.3) is 5.70 Å². The average Bonchev–Trinajstić information content (AvgIpc) is 3.73. The van der Waals surface area contributed by atoms with Crippen LogP contribution in [0.15, 0.2) is 59.4 Å². The summed E-state index contributed by atoms with van der Waals surface area (Å²) in [6.45, 7) is 26.2. The molecule has 1 aromatic carbocycles. The zero-order valence-corrected chi connectivity index (χ0v) is 29.6. The van der Waals surface area contributed by atoms with Gasteiger partial charge in [-0.2, -0.15) is 5.10 Å². The zero-order chi connectivity index (χ0) is 33.5. The van der Waals surface area contributed by atoms with Crippen LogP contribution in [0, 0.1) is 0 Å². The maximum absolute atomic E-state index is 5.70. The lowest BCUT2D eigenvalue weighted by atomic mass is 10.1. The summed E-state index contributed by atoms with van der Waals surface area (Å²) >= 11 is 0. The van der Waals surface area contributed by atoms with E-state index in [1.165, 1.54) is 6.42 Å². The smallest absolute Gasteiger partial charge is 0.144 e. The Hall–Kier alpha value is -3.30. The fourth-order valence-electron chi connectivity index (χ4n) is 3.65. The first-order valence-corrected chi connectivity index (χ1v) is 16.0. The molecule has 2 unspecified atom stereocenters. The highest BCUT2D eigenvalue weighted by Crippen LogP contribution is 2.29. The standard InChI is InChI=1S/C17H27N5O.C8H15N3.C3H6.3C2H6/c1-5-9-18-11-17-20-15(12-22(17)3)13-7-8-14(21-19-6-2)16(10-13)23-4;1-2-5-11-8(9)7-4-3-6-10-7;1-3-2;3*1-2/h6-8,10,12,17-18,20-21H,5,9,11H2,1-4H3;2,5,7,10H,3-4,6H2,1H3,(H2,9,11);3H,1H2,2H3;3*1-2H3/b19-6-;5-2+;;;;. The Labute approximate surface area is 265 Å². The fourth-order valence-corrected chi connectivity index (χ4v) is 3.65. The van der Waals surface area contributed by atoms with Gasteiger partial charge >= 0.3 is 0 Å². The van der Waals surface area contributed by atoms with Gasteiger partial charge in [0.25, 0.3) is 0 Å². The minimum atomic E-state index is 0.269. The van der Waals surface area contributed by atoms with E-state index in [9.17, 15) is 0 Å². The number of hydrazone groups is 1. The molecular formula is C34H66N8O. The monoisotopic (exact) mass is 603 g/mol. The molecule has 0 radical (unpaired) electrons. The SMILES string of the molecule is C/C=C/N=C(N)C1CCCN1.C/C=N\Nc1ccc(C2=CN(C)C(CNCCC)N2)cc1OC.C=CC.CC.CC.CC. The predicted molar refractivity (Wildman–Crippen MR) is 194 cm³/mol. The predicted octanol–water partition coefficient (Wildman–Crippen LogP) is 7.17. The number of amidine groups is 1. The molecule has 6 N–H and O–H groups in total. The molecule has 0 amide bonds. The number of rotatable bonds is 10. The highest BCUT2D eigenvalue weighted by Gasteiger charge is 2.21. The number of allylic oxidation sites excluding steroid dienone is 2. The van der Waals surface area contributed by atoms with Crippen molar-refractivity contribution < 1.29 is 4.74 Å². The summed E-state index contributed by atoms with van der Waals surface area (Å²) in [5.74, 6) is 1.48. The van der Waals surface area contributed by atoms with Gasteiger partial charge in [0.2, 0.25) is 0 Å². The molecule has 1 aromatic rings. The van der Waals surface area contributed by atoms with Crippen LogP contribution in [-0.4, -0.2) is 62.9 Å². The van der Waals surface area contributed by atoms with Gasteiger partial charge in [0.15, 0.2) is 0 Å². The van der Waals surface area contributed by atoms with E-state index in [1.807, 2.05) is 80.5 Å². The number of nitrogens with zero attached hydrogens (tertiary/aromatic N) is 3. The van der Waals surface area contributed by atoms with E-state index in [2.05, 4.69) is 69.2 Å². The number of nitrogens with two attached hydrogens (primary N) is 1. The average molecular weight is 603 g/mol. The van der Waals surface area contributed by atoms with E-state index in [4.69, 9.17) is 10.5 Å². The third kappa shape index (κ3) is 19.5. The maximum Gasteiger partial charge on any atom is 0.144 e. The van der Waals surface area contributed by atoms with Gasteiger partial charge in [0.1, 0.15) is 17.8 Å². The largest absolute Gasteiger partial charge is 0.494 e. The Kier molecular flexibility index (Phi) is 32.5. The van der Waals surface area contributed by atoms with Crippen LogP contribution in [0.2, 0.25) is 0 Å². The Bertz CT molecular complexity index is 906. The number of methoxy groups -OCH3 is 1. The lowest BCUT2D eigenvalue weighted by molar-refractivity contribution is 0.319. The lowest BCUT2D eigenvalue weighted by Gasteiger charge is -2.21. The first kappa shape index (κ1) is 44.1. The zero-order valence-electron chi connectivity index (χ0n) is 29.6. The Morgan fingerprint density at radius 2 is 1.81 bits per heavy atom.